The molecular formula is C13H10ClNO2. The molecule has 86 valence electrons. The van der Waals surface area contributed by atoms with Crippen molar-refractivity contribution in [3.63, 3.8) is 0 Å². The Hall–Kier alpha value is -1.87. The topological polar surface area (TPSA) is 39.2 Å². The number of carbonyl (C=O) groups is 1. The Labute approximate surface area is 104 Å². The quantitative estimate of drug-likeness (QED) is 0.776. The molecule has 1 aromatic heterocycles. The van der Waals surface area contributed by atoms with Gasteiger partial charge >= 0.3 is 0 Å². The van der Waals surface area contributed by atoms with E-state index >= 15 is 0 Å². The molecule has 0 bridgehead atoms. The van der Waals surface area contributed by atoms with Crippen molar-refractivity contribution in [2.75, 3.05) is 0 Å². The van der Waals surface area contributed by atoms with Gasteiger partial charge in [0.2, 0.25) is 5.88 Å². The van der Waals surface area contributed by atoms with Crippen LogP contribution in [0, 0.1) is 0 Å². The first kappa shape index (κ1) is 11.6. The van der Waals surface area contributed by atoms with Crippen molar-refractivity contribution in [1.29, 1.82) is 0 Å². The number of hydrogen-bond donors (Lipinski definition) is 0. The minimum Gasteiger partial charge on any atom is -0.439 e. The van der Waals surface area contributed by atoms with Crippen molar-refractivity contribution in [1.82, 2.24) is 4.98 Å². The Morgan fingerprint density at radius 2 is 1.88 bits per heavy atom. The van der Waals surface area contributed by atoms with E-state index in [-0.39, 0.29) is 5.78 Å². The third-order valence-corrected chi connectivity index (χ3v) is 2.41. The smallest absolute Gasteiger partial charge is 0.219 e. The number of pyridine rings is 1. The van der Waals surface area contributed by atoms with Gasteiger partial charge in [0.15, 0.2) is 5.78 Å². The van der Waals surface area contributed by atoms with Crippen molar-refractivity contribution in [2.45, 2.75) is 6.92 Å². The molecule has 4 heteroatoms. The number of aromatic nitrogens is 1. The lowest BCUT2D eigenvalue weighted by atomic mass is 10.1. The van der Waals surface area contributed by atoms with Gasteiger partial charge in [-0.25, -0.2) is 4.98 Å². The largest absolute Gasteiger partial charge is 0.439 e. The molecule has 0 N–H and O–H groups in total. The number of rotatable bonds is 3. The Morgan fingerprint density at radius 1 is 1.18 bits per heavy atom. The Kier molecular flexibility index (Phi) is 3.40. The molecule has 0 radical (unpaired) electrons. The first-order valence-electron chi connectivity index (χ1n) is 5.05. The molecule has 17 heavy (non-hydrogen) atoms. The summed E-state index contributed by atoms with van der Waals surface area (Å²) >= 11 is 5.71. The zero-order valence-corrected chi connectivity index (χ0v) is 9.94. The monoisotopic (exact) mass is 247 g/mol. The van der Waals surface area contributed by atoms with E-state index in [1.807, 2.05) is 0 Å². The van der Waals surface area contributed by atoms with Crippen molar-refractivity contribution in [3.8, 4) is 11.6 Å². The van der Waals surface area contributed by atoms with E-state index < -0.39 is 0 Å². The SMILES string of the molecule is CC(=O)c1ccc(Oc2ccc(Cl)cn2)cc1. The average Bonchev–Trinajstić information content (AvgIpc) is 2.33. The third kappa shape index (κ3) is 3.04. The molecule has 0 saturated heterocycles. The van der Waals surface area contributed by atoms with Gasteiger partial charge in [0.05, 0.1) is 5.02 Å². The summed E-state index contributed by atoms with van der Waals surface area (Å²) in [4.78, 5) is 15.1. The van der Waals surface area contributed by atoms with E-state index in [0.29, 0.717) is 22.2 Å². The maximum Gasteiger partial charge on any atom is 0.219 e. The van der Waals surface area contributed by atoms with E-state index in [4.69, 9.17) is 16.3 Å². The lowest BCUT2D eigenvalue weighted by molar-refractivity contribution is 0.101. The fraction of sp³-hybridized carbons (Fsp3) is 0.0769. The first-order chi connectivity index (χ1) is 8.15. The van der Waals surface area contributed by atoms with Crippen LogP contribution in [0.3, 0.4) is 0 Å². The summed E-state index contributed by atoms with van der Waals surface area (Å²) in [7, 11) is 0. The van der Waals surface area contributed by atoms with Gasteiger partial charge < -0.3 is 4.74 Å². The Morgan fingerprint density at radius 3 is 2.41 bits per heavy atom. The maximum atomic E-state index is 11.1. The fourth-order valence-electron chi connectivity index (χ4n) is 1.30. The summed E-state index contributed by atoms with van der Waals surface area (Å²) in [5.41, 5.74) is 0.654. The molecule has 0 atom stereocenters. The number of ether oxygens (including phenoxy) is 1. The van der Waals surface area contributed by atoms with Gasteiger partial charge in [-0.15, -0.1) is 0 Å². The molecule has 1 aromatic carbocycles. The molecule has 0 fully saturated rings. The normalized spacial score (nSPS) is 10.0. The van der Waals surface area contributed by atoms with Crippen LogP contribution in [-0.4, -0.2) is 10.8 Å². The molecule has 2 rings (SSSR count). The highest BCUT2D eigenvalue weighted by atomic mass is 35.5. The standard InChI is InChI=1S/C13H10ClNO2/c1-9(16)10-2-5-12(6-3-10)17-13-7-4-11(14)8-15-13/h2-8H,1H3. The van der Waals surface area contributed by atoms with Gasteiger partial charge in [-0.2, -0.15) is 0 Å². The summed E-state index contributed by atoms with van der Waals surface area (Å²) in [6.45, 7) is 1.52. The van der Waals surface area contributed by atoms with E-state index in [1.165, 1.54) is 13.1 Å². The second kappa shape index (κ2) is 4.97. The number of nitrogens with zero attached hydrogens (tertiary/aromatic N) is 1. The highest BCUT2D eigenvalue weighted by Gasteiger charge is 2.01. The Balaban J connectivity index is 2.13. The van der Waals surface area contributed by atoms with Crippen molar-refractivity contribution >= 4 is 17.4 Å². The van der Waals surface area contributed by atoms with Gasteiger partial charge in [-0.1, -0.05) is 11.6 Å². The van der Waals surface area contributed by atoms with Crippen molar-refractivity contribution < 1.29 is 9.53 Å². The van der Waals surface area contributed by atoms with Crippen molar-refractivity contribution in [2.24, 2.45) is 0 Å². The van der Waals surface area contributed by atoms with Gasteiger partial charge in [0, 0.05) is 17.8 Å². The van der Waals surface area contributed by atoms with Gasteiger partial charge in [-0.05, 0) is 37.3 Å². The van der Waals surface area contributed by atoms with E-state index in [1.54, 1.807) is 36.4 Å². The lowest BCUT2D eigenvalue weighted by Gasteiger charge is -2.04. The zero-order chi connectivity index (χ0) is 12.3. The van der Waals surface area contributed by atoms with Crippen LogP contribution in [0.25, 0.3) is 0 Å². The van der Waals surface area contributed by atoms with Crippen LogP contribution in [0.4, 0.5) is 0 Å². The van der Waals surface area contributed by atoms with E-state index in [2.05, 4.69) is 4.98 Å². The van der Waals surface area contributed by atoms with Crippen LogP contribution in [-0.2, 0) is 0 Å². The molecule has 0 aliphatic heterocycles. The molecule has 0 spiro atoms. The number of Topliss-reactive ketones (excluding diaryl/α,β-unsaturated/α-hetero) is 1. The maximum absolute atomic E-state index is 11.1. The predicted octanol–water partition coefficient (Wildman–Crippen LogP) is 3.73. The molecule has 1 heterocycles. The average molecular weight is 248 g/mol. The van der Waals surface area contributed by atoms with Gasteiger partial charge in [-0.3, -0.25) is 4.79 Å². The molecule has 3 nitrogen and oxygen atoms in total. The third-order valence-electron chi connectivity index (χ3n) is 2.18. The van der Waals surface area contributed by atoms with Crippen molar-refractivity contribution in [3.05, 3.63) is 53.2 Å². The molecule has 0 saturated carbocycles. The van der Waals surface area contributed by atoms with Crippen LogP contribution < -0.4 is 4.74 Å². The number of ketones is 1. The number of halogens is 1. The second-order valence-electron chi connectivity index (χ2n) is 3.50. The highest BCUT2D eigenvalue weighted by Crippen LogP contribution is 2.20. The zero-order valence-electron chi connectivity index (χ0n) is 9.18. The summed E-state index contributed by atoms with van der Waals surface area (Å²) in [6, 6.07) is 10.3. The number of hydrogen-bond acceptors (Lipinski definition) is 3. The molecular weight excluding hydrogens is 238 g/mol. The summed E-state index contributed by atoms with van der Waals surface area (Å²) in [5.74, 6) is 1.12. The van der Waals surface area contributed by atoms with E-state index in [9.17, 15) is 4.79 Å². The molecule has 2 aromatic rings. The minimum atomic E-state index is 0.0289. The van der Waals surface area contributed by atoms with Crippen LogP contribution in [0.2, 0.25) is 5.02 Å². The van der Waals surface area contributed by atoms with E-state index in [0.717, 1.165) is 0 Å². The van der Waals surface area contributed by atoms with Crippen LogP contribution in [0.5, 0.6) is 11.6 Å². The lowest BCUT2D eigenvalue weighted by Crippen LogP contribution is -1.92. The van der Waals surface area contributed by atoms with Crippen LogP contribution in [0.15, 0.2) is 42.6 Å². The molecule has 0 amide bonds. The summed E-state index contributed by atoms with van der Waals surface area (Å²) in [6.07, 6.45) is 1.51. The van der Waals surface area contributed by atoms with Gasteiger partial charge in [0.1, 0.15) is 5.75 Å². The van der Waals surface area contributed by atoms with Gasteiger partial charge in [0.25, 0.3) is 0 Å². The number of benzene rings is 1. The molecule has 0 unspecified atom stereocenters. The highest BCUT2D eigenvalue weighted by molar-refractivity contribution is 6.30. The van der Waals surface area contributed by atoms with Crippen LogP contribution >= 0.6 is 11.6 Å². The predicted molar refractivity (Wildman–Crippen MR) is 65.8 cm³/mol. The Bertz CT molecular complexity index is 520. The summed E-state index contributed by atoms with van der Waals surface area (Å²) < 4.78 is 5.49. The number of carbonyl (C=O) groups excluding carboxylic acids is 1. The molecule has 0 aliphatic carbocycles. The molecule has 0 aliphatic rings. The first-order valence-corrected chi connectivity index (χ1v) is 5.43. The second-order valence-corrected chi connectivity index (χ2v) is 3.93. The van der Waals surface area contributed by atoms with Crippen LogP contribution in [0.1, 0.15) is 17.3 Å². The minimum absolute atomic E-state index is 0.0289. The fourth-order valence-corrected chi connectivity index (χ4v) is 1.41. The summed E-state index contributed by atoms with van der Waals surface area (Å²) in [5, 5.41) is 0.560.